The summed E-state index contributed by atoms with van der Waals surface area (Å²) in [5.41, 5.74) is 1.83. The third kappa shape index (κ3) is 3.01. The number of nitriles is 1. The fraction of sp³-hybridized carbons (Fsp3) is 0.474. The number of aromatic nitrogens is 1. The quantitative estimate of drug-likeness (QED) is 0.831. The van der Waals surface area contributed by atoms with Crippen LogP contribution in [0.4, 0.5) is 11.5 Å². The van der Waals surface area contributed by atoms with Gasteiger partial charge in [0.2, 0.25) is 0 Å². The van der Waals surface area contributed by atoms with Gasteiger partial charge in [0.25, 0.3) is 0 Å². The molecule has 25 heavy (non-hydrogen) atoms. The second kappa shape index (κ2) is 6.87. The Morgan fingerprint density at radius 1 is 1.04 bits per heavy atom. The number of piperazine rings is 1. The minimum Gasteiger partial charge on any atom is -0.378 e. The smallest absolute Gasteiger partial charge is 0.138 e. The first-order valence-electron chi connectivity index (χ1n) is 8.86. The summed E-state index contributed by atoms with van der Waals surface area (Å²) in [6.07, 6.45) is 1.99. The Kier molecular flexibility index (Phi) is 4.43. The SMILES string of the molecule is CN1CCN(c2cnc(N3CCOCC3)c3c(C#N)cccc23)CC1. The lowest BCUT2D eigenvalue weighted by atomic mass is 10.0. The number of ether oxygens (including phenoxy) is 1. The molecule has 0 bridgehead atoms. The molecule has 6 nitrogen and oxygen atoms in total. The molecule has 0 radical (unpaired) electrons. The van der Waals surface area contributed by atoms with Crippen molar-refractivity contribution in [3.8, 4) is 6.07 Å². The van der Waals surface area contributed by atoms with Crippen LogP contribution in [-0.2, 0) is 4.74 Å². The van der Waals surface area contributed by atoms with Crippen molar-refractivity contribution in [3.05, 3.63) is 30.0 Å². The van der Waals surface area contributed by atoms with Gasteiger partial charge in [-0.15, -0.1) is 0 Å². The van der Waals surface area contributed by atoms with Crippen molar-refractivity contribution in [1.29, 1.82) is 5.26 Å². The van der Waals surface area contributed by atoms with Gasteiger partial charge in [-0.05, 0) is 13.1 Å². The van der Waals surface area contributed by atoms with E-state index in [1.807, 2.05) is 18.3 Å². The van der Waals surface area contributed by atoms with Gasteiger partial charge in [-0.2, -0.15) is 5.26 Å². The normalized spacial score (nSPS) is 19.2. The van der Waals surface area contributed by atoms with E-state index in [1.165, 1.54) is 0 Å². The predicted octanol–water partition coefficient (Wildman–Crippen LogP) is 1.69. The van der Waals surface area contributed by atoms with Crippen LogP contribution in [0.5, 0.6) is 0 Å². The Labute approximate surface area is 148 Å². The van der Waals surface area contributed by atoms with Crippen molar-refractivity contribution >= 4 is 22.3 Å². The maximum Gasteiger partial charge on any atom is 0.138 e. The van der Waals surface area contributed by atoms with Gasteiger partial charge in [-0.25, -0.2) is 4.98 Å². The number of morpholine rings is 1. The predicted molar refractivity (Wildman–Crippen MR) is 99.2 cm³/mol. The number of benzene rings is 1. The summed E-state index contributed by atoms with van der Waals surface area (Å²) >= 11 is 0. The Morgan fingerprint density at radius 3 is 2.52 bits per heavy atom. The number of pyridine rings is 1. The zero-order valence-corrected chi connectivity index (χ0v) is 14.6. The zero-order valence-electron chi connectivity index (χ0n) is 14.6. The Balaban J connectivity index is 1.83. The van der Waals surface area contributed by atoms with Gasteiger partial charge in [-0.3, -0.25) is 0 Å². The molecule has 2 aromatic rings. The van der Waals surface area contributed by atoms with E-state index in [1.54, 1.807) is 0 Å². The number of fused-ring (bicyclic) bond motifs is 1. The fourth-order valence-electron chi connectivity index (χ4n) is 3.67. The van der Waals surface area contributed by atoms with Crippen molar-refractivity contribution < 1.29 is 4.74 Å². The first kappa shape index (κ1) is 16.1. The molecule has 0 saturated carbocycles. The lowest BCUT2D eigenvalue weighted by molar-refractivity contribution is 0.122. The Hall–Kier alpha value is -2.36. The molecule has 6 heteroatoms. The minimum atomic E-state index is 0.697. The van der Waals surface area contributed by atoms with Crippen molar-refractivity contribution in [3.63, 3.8) is 0 Å². The van der Waals surface area contributed by atoms with Gasteiger partial charge in [0, 0.05) is 50.0 Å². The first-order valence-corrected chi connectivity index (χ1v) is 8.86. The van der Waals surface area contributed by atoms with Crippen LogP contribution in [0.2, 0.25) is 0 Å². The monoisotopic (exact) mass is 337 g/mol. The Bertz CT molecular complexity index is 801. The molecule has 2 aliphatic rings. The van der Waals surface area contributed by atoms with Gasteiger partial charge >= 0.3 is 0 Å². The van der Waals surface area contributed by atoms with Crippen LogP contribution < -0.4 is 9.80 Å². The van der Waals surface area contributed by atoms with E-state index in [0.717, 1.165) is 61.5 Å². The number of anilines is 2. The number of hydrogen-bond donors (Lipinski definition) is 0. The van der Waals surface area contributed by atoms with E-state index < -0.39 is 0 Å². The van der Waals surface area contributed by atoms with Gasteiger partial charge in [0.05, 0.1) is 36.7 Å². The molecule has 0 amide bonds. The van der Waals surface area contributed by atoms with Crippen molar-refractivity contribution in [2.45, 2.75) is 0 Å². The molecule has 0 unspecified atom stereocenters. The average molecular weight is 337 g/mol. The molecule has 4 rings (SSSR count). The zero-order chi connectivity index (χ0) is 17.2. The minimum absolute atomic E-state index is 0.697. The molecule has 2 saturated heterocycles. The summed E-state index contributed by atoms with van der Waals surface area (Å²) in [5.74, 6) is 0.910. The van der Waals surface area contributed by atoms with Crippen LogP contribution in [0.15, 0.2) is 24.4 Å². The van der Waals surface area contributed by atoms with E-state index >= 15 is 0 Å². The summed E-state index contributed by atoms with van der Waals surface area (Å²) < 4.78 is 5.47. The molecule has 2 fully saturated rings. The number of hydrogen-bond acceptors (Lipinski definition) is 6. The lowest BCUT2D eigenvalue weighted by Crippen LogP contribution is -2.44. The molecule has 1 aromatic carbocycles. The highest BCUT2D eigenvalue weighted by molar-refractivity contribution is 6.03. The second-order valence-corrected chi connectivity index (χ2v) is 6.70. The molecule has 130 valence electrons. The number of likely N-dealkylation sites (N-methyl/N-ethyl adjacent to an activating group) is 1. The highest BCUT2D eigenvalue weighted by atomic mass is 16.5. The summed E-state index contributed by atoms with van der Waals surface area (Å²) in [7, 11) is 2.16. The van der Waals surface area contributed by atoms with Crippen LogP contribution in [0, 0.1) is 11.3 Å². The van der Waals surface area contributed by atoms with Crippen LogP contribution in [0.25, 0.3) is 10.8 Å². The molecule has 3 heterocycles. The highest BCUT2D eigenvalue weighted by Gasteiger charge is 2.22. The average Bonchev–Trinajstić information content (AvgIpc) is 2.68. The van der Waals surface area contributed by atoms with Crippen molar-refractivity contribution in [1.82, 2.24) is 9.88 Å². The number of rotatable bonds is 2. The molecule has 0 N–H and O–H groups in total. The summed E-state index contributed by atoms with van der Waals surface area (Å²) in [6, 6.07) is 8.35. The Morgan fingerprint density at radius 2 is 1.80 bits per heavy atom. The van der Waals surface area contributed by atoms with E-state index in [2.05, 4.69) is 33.9 Å². The van der Waals surface area contributed by atoms with Gasteiger partial charge in [0.15, 0.2) is 0 Å². The van der Waals surface area contributed by atoms with Gasteiger partial charge in [0.1, 0.15) is 5.82 Å². The van der Waals surface area contributed by atoms with Crippen LogP contribution in [0.3, 0.4) is 0 Å². The molecule has 0 aliphatic carbocycles. The van der Waals surface area contributed by atoms with E-state index in [-0.39, 0.29) is 0 Å². The van der Waals surface area contributed by atoms with Crippen LogP contribution >= 0.6 is 0 Å². The van der Waals surface area contributed by atoms with Crippen molar-refractivity contribution in [2.75, 3.05) is 69.3 Å². The second-order valence-electron chi connectivity index (χ2n) is 6.70. The molecular weight excluding hydrogens is 314 g/mol. The van der Waals surface area contributed by atoms with Gasteiger partial charge in [-0.1, -0.05) is 12.1 Å². The fourth-order valence-corrected chi connectivity index (χ4v) is 3.67. The molecule has 1 aromatic heterocycles. The summed E-state index contributed by atoms with van der Waals surface area (Å²) in [6.45, 7) is 7.11. The maximum absolute atomic E-state index is 9.65. The van der Waals surface area contributed by atoms with Crippen LogP contribution in [-0.4, -0.2) is 69.4 Å². The molecular formula is C19H23N5O. The van der Waals surface area contributed by atoms with E-state index in [9.17, 15) is 5.26 Å². The summed E-state index contributed by atoms with van der Waals surface area (Å²) in [4.78, 5) is 11.8. The van der Waals surface area contributed by atoms with Crippen LogP contribution in [0.1, 0.15) is 5.56 Å². The van der Waals surface area contributed by atoms with Gasteiger partial charge < -0.3 is 19.4 Å². The van der Waals surface area contributed by atoms with E-state index in [4.69, 9.17) is 9.72 Å². The molecule has 0 atom stereocenters. The highest BCUT2D eigenvalue weighted by Crippen LogP contribution is 2.35. The third-order valence-corrected chi connectivity index (χ3v) is 5.15. The molecule has 2 aliphatic heterocycles. The lowest BCUT2D eigenvalue weighted by Gasteiger charge is -2.35. The largest absolute Gasteiger partial charge is 0.378 e. The first-order chi connectivity index (χ1) is 12.3. The third-order valence-electron chi connectivity index (χ3n) is 5.15. The maximum atomic E-state index is 9.65. The van der Waals surface area contributed by atoms with E-state index in [0.29, 0.717) is 18.8 Å². The molecule has 0 spiro atoms. The van der Waals surface area contributed by atoms with Crippen molar-refractivity contribution in [2.24, 2.45) is 0 Å². The summed E-state index contributed by atoms with van der Waals surface area (Å²) in [5, 5.41) is 11.8. The number of nitrogens with zero attached hydrogens (tertiary/aromatic N) is 5. The topological polar surface area (TPSA) is 55.6 Å². The standard InChI is InChI=1S/C19H23N5O/c1-22-5-7-23(8-6-22)17-14-21-19(24-9-11-25-12-10-24)18-15(13-20)3-2-4-16(17)18/h2-4,14H,5-12H2,1H3.